The summed E-state index contributed by atoms with van der Waals surface area (Å²) in [6, 6.07) is 15.9. The lowest BCUT2D eigenvalue weighted by atomic mass is 10.1. The van der Waals surface area contributed by atoms with Gasteiger partial charge in [0.1, 0.15) is 6.61 Å². The number of benzene rings is 2. The van der Waals surface area contributed by atoms with Crippen LogP contribution in [0.15, 0.2) is 66.0 Å². The van der Waals surface area contributed by atoms with Crippen molar-refractivity contribution >= 4 is 16.6 Å². The van der Waals surface area contributed by atoms with Crippen molar-refractivity contribution in [3.63, 3.8) is 0 Å². The Hall–Kier alpha value is -3.21. The molecule has 0 aliphatic carbocycles. The number of anilines is 1. The number of hydrogen-bond acceptors (Lipinski definition) is 4. The second-order valence-electron chi connectivity index (χ2n) is 8.07. The molecule has 0 aliphatic rings. The summed E-state index contributed by atoms with van der Waals surface area (Å²) in [5.74, 6) is -0.117. The Morgan fingerprint density at radius 2 is 1.81 bits per heavy atom. The molecule has 0 bridgehead atoms. The minimum atomic E-state index is -0.300. The van der Waals surface area contributed by atoms with Crippen LogP contribution in [0.3, 0.4) is 0 Å². The number of hydrogen-bond donors (Lipinski definition) is 2. The molecule has 0 radical (unpaired) electrons. The van der Waals surface area contributed by atoms with Gasteiger partial charge in [-0.3, -0.25) is 4.79 Å². The van der Waals surface area contributed by atoms with Gasteiger partial charge in [0.25, 0.3) is 5.56 Å². The van der Waals surface area contributed by atoms with Crippen LogP contribution in [0.25, 0.3) is 10.9 Å². The summed E-state index contributed by atoms with van der Waals surface area (Å²) in [4.78, 5) is 13.2. The standard InChI is InChI=1S/C27H34N2O3/c1-3-5-6-7-8-12-17-29-24-19-22(28-20-21-13-10-9-11-14-21)15-16-23(24)25(30)26(27(29)31)32-18-4-2/h4,9-11,13-16,19,28,30H,2-3,5-8,12,17-18,20H2,1H3. The molecule has 0 atom stereocenters. The highest BCUT2D eigenvalue weighted by Gasteiger charge is 2.18. The number of ether oxygens (including phenoxy) is 1. The largest absolute Gasteiger partial charge is 0.504 e. The van der Waals surface area contributed by atoms with Gasteiger partial charge < -0.3 is 19.7 Å². The molecule has 5 nitrogen and oxygen atoms in total. The number of nitrogens with one attached hydrogen (secondary N) is 1. The summed E-state index contributed by atoms with van der Waals surface area (Å²) < 4.78 is 7.28. The van der Waals surface area contributed by atoms with E-state index in [0.717, 1.165) is 18.5 Å². The minimum absolute atomic E-state index is 0.00613. The van der Waals surface area contributed by atoms with Crippen LogP contribution in [0.5, 0.6) is 11.5 Å². The number of unbranched alkanes of at least 4 members (excludes halogenated alkanes) is 5. The Morgan fingerprint density at radius 1 is 1.06 bits per heavy atom. The van der Waals surface area contributed by atoms with Gasteiger partial charge in [0, 0.05) is 24.2 Å². The fourth-order valence-corrected chi connectivity index (χ4v) is 3.87. The van der Waals surface area contributed by atoms with Crippen LogP contribution in [0.1, 0.15) is 51.0 Å². The van der Waals surface area contributed by atoms with E-state index in [2.05, 4.69) is 31.0 Å². The normalized spacial score (nSPS) is 10.9. The van der Waals surface area contributed by atoms with Crippen LogP contribution in [0, 0.1) is 0 Å². The Balaban J connectivity index is 1.89. The van der Waals surface area contributed by atoms with Crippen molar-refractivity contribution in [2.24, 2.45) is 0 Å². The van der Waals surface area contributed by atoms with E-state index in [1.54, 1.807) is 10.6 Å². The zero-order valence-electron chi connectivity index (χ0n) is 19.0. The van der Waals surface area contributed by atoms with Gasteiger partial charge in [-0.05, 0) is 30.2 Å². The number of pyridine rings is 1. The van der Waals surface area contributed by atoms with Gasteiger partial charge in [-0.2, -0.15) is 0 Å². The van der Waals surface area contributed by atoms with Gasteiger partial charge in [0.15, 0.2) is 5.75 Å². The Kier molecular flexibility index (Phi) is 8.79. The molecule has 1 heterocycles. The first kappa shape index (κ1) is 23.5. The second-order valence-corrected chi connectivity index (χ2v) is 8.07. The predicted molar refractivity (Wildman–Crippen MR) is 133 cm³/mol. The van der Waals surface area contributed by atoms with E-state index < -0.39 is 0 Å². The maximum atomic E-state index is 13.2. The van der Waals surface area contributed by atoms with Crippen molar-refractivity contribution in [1.82, 2.24) is 4.57 Å². The molecule has 0 fully saturated rings. The van der Waals surface area contributed by atoms with Gasteiger partial charge in [0.05, 0.1) is 5.52 Å². The van der Waals surface area contributed by atoms with Crippen molar-refractivity contribution in [3.05, 3.63) is 77.1 Å². The van der Waals surface area contributed by atoms with E-state index in [0.29, 0.717) is 24.0 Å². The average Bonchev–Trinajstić information content (AvgIpc) is 2.82. The van der Waals surface area contributed by atoms with E-state index in [1.807, 2.05) is 36.4 Å². The smallest absolute Gasteiger partial charge is 0.297 e. The van der Waals surface area contributed by atoms with Crippen molar-refractivity contribution in [2.45, 2.75) is 58.5 Å². The quantitative estimate of drug-likeness (QED) is 0.247. The lowest BCUT2D eigenvalue weighted by Crippen LogP contribution is -2.23. The second kappa shape index (κ2) is 12.0. The molecule has 3 aromatic rings. The number of aryl methyl sites for hydroxylation is 1. The highest BCUT2D eigenvalue weighted by atomic mass is 16.5. The van der Waals surface area contributed by atoms with Crippen LogP contribution >= 0.6 is 0 Å². The third-order valence-corrected chi connectivity index (χ3v) is 5.62. The van der Waals surface area contributed by atoms with Gasteiger partial charge in [-0.1, -0.05) is 82.0 Å². The van der Waals surface area contributed by atoms with Crippen LogP contribution in [-0.4, -0.2) is 16.3 Å². The van der Waals surface area contributed by atoms with Gasteiger partial charge >= 0.3 is 0 Å². The van der Waals surface area contributed by atoms with E-state index in [9.17, 15) is 9.90 Å². The monoisotopic (exact) mass is 434 g/mol. The van der Waals surface area contributed by atoms with Crippen LogP contribution in [-0.2, 0) is 13.1 Å². The average molecular weight is 435 g/mol. The van der Waals surface area contributed by atoms with Crippen molar-refractivity contribution < 1.29 is 9.84 Å². The molecule has 3 rings (SSSR count). The molecule has 0 saturated carbocycles. The van der Waals surface area contributed by atoms with Crippen LogP contribution in [0.2, 0.25) is 0 Å². The fourth-order valence-electron chi connectivity index (χ4n) is 3.87. The molecule has 32 heavy (non-hydrogen) atoms. The summed E-state index contributed by atoms with van der Waals surface area (Å²) in [7, 11) is 0. The van der Waals surface area contributed by atoms with E-state index in [4.69, 9.17) is 4.74 Å². The summed E-state index contributed by atoms with van der Waals surface area (Å²) >= 11 is 0. The first-order valence-electron chi connectivity index (χ1n) is 11.6. The van der Waals surface area contributed by atoms with Crippen LogP contribution in [0.4, 0.5) is 5.69 Å². The SMILES string of the molecule is C=CCOc1c(O)c2ccc(NCc3ccccc3)cc2n(CCCCCCCC)c1=O. The summed E-state index contributed by atoms with van der Waals surface area (Å²) in [6.45, 7) is 7.28. The molecule has 5 heteroatoms. The Bertz CT molecular complexity index is 1070. The zero-order chi connectivity index (χ0) is 22.8. The first-order chi connectivity index (χ1) is 15.7. The summed E-state index contributed by atoms with van der Waals surface area (Å²) in [5.41, 5.74) is 2.49. The molecule has 2 aromatic carbocycles. The molecule has 0 spiro atoms. The Labute approximate surface area is 190 Å². The molecule has 2 N–H and O–H groups in total. The van der Waals surface area contributed by atoms with Gasteiger partial charge in [-0.15, -0.1) is 0 Å². The molecular formula is C27H34N2O3. The molecule has 0 aliphatic heterocycles. The topological polar surface area (TPSA) is 63.5 Å². The Morgan fingerprint density at radius 3 is 2.56 bits per heavy atom. The molecule has 1 aromatic heterocycles. The third kappa shape index (κ3) is 5.94. The number of fused-ring (bicyclic) bond motifs is 1. The third-order valence-electron chi connectivity index (χ3n) is 5.62. The maximum absolute atomic E-state index is 13.2. The van der Waals surface area contributed by atoms with Crippen molar-refractivity contribution in [3.8, 4) is 11.5 Å². The summed E-state index contributed by atoms with van der Waals surface area (Å²) in [5, 5.41) is 14.8. The number of aromatic hydroxyl groups is 1. The molecular weight excluding hydrogens is 400 g/mol. The van der Waals surface area contributed by atoms with Crippen LogP contribution < -0.4 is 15.6 Å². The van der Waals surface area contributed by atoms with Gasteiger partial charge in [0.2, 0.25) is 5.75 Å². The predicted octanol–water partition coefficient (Wildman–Crippen LogP) is 6.24. The van der Waals surface area contributed by atoms with Gasteiger partial charge in [-0.25, -0.2) is 0 Å². The maximum Gasteiger partial charge on any atom is 0.297 e. The number of nitrogens with zero attached hydrogens (tertiary/aromatic N) is 1. The highest BCUT2D eigenvalue weighted by molar-refractivity contribution is 5.90. The summed E-state index contributed by atoms with van der Waals surface area (Å²) in [6.07, 6.45) is 8.40. The lowest BCUT2D eigenvalue weighted by molar-refractivity contribution is 0.329. The first-order valence-corrected chi connectivity index (χ1v) is 11.6. The van der Waals surface area contributed by atoms with Crippen molar-refractivity contribution in [2.75, 3.05) is 11.9 Å². The number of rotatable bonds is 13. The van der Waals surface area contributed by atoms with E-state index in [1.165, 1.54) is 31.2 Å². The molecule has 0 unspecified atom stereocenters. The molecule has 0 saturated heterocycles. The molecule has 0 amide bonds. The van der Waals surface area contributed by atoms with E-state index >= 15 is 0 Å². The number of aromatic nitrogens is 1. The zero-order valence-corrected chi connectivity index (χ0v) is 19.0. The minimum Gasteiger partial charge on any atom is -0.504 e. The molecule has 170 valence electrons. The fraction of sp³-hybridized carbons (Fsp3) is 0.370. The lowest BCUT2D eigenvalue weighted by Gasteiger charge is -2.16. The van der Waals surface area contributed by atoms with E-state index in [-0.39, 0.29) is 23.7 Å². The van der Waals surface area contributed by atoms with Crippen molar-refractivity contribution in [1.29, 1.82) is 0 Å². The highest BCUT2D eigenvalue weighted by Crippen LogP contribution is 2.33.